The number of nitrogens with zero attached hydrogens (tertiary/aromatic N) is 4. The van der Waals surface area contributed by atoms with Crippen molar-refractivity contribution in [3.8, 4) is 17.6 Å². The highest BCUT2D eigenvalue weighted by Gasteiger charge is 2.38. The molecule has 184 valence electrons. The van der Waals surface area contributed by atoms with Crippen molar-refractivity contribution in [2.24, 2.45) is 11.8 Å². The summed E-state index contributed by atoms with van der Waals surface area (Å²) in [5.74, 6) is 6.57. The molecule has 34 heavy (non-hydrogen) atoms. The summed E-state index contributed by atoms with van der Waals surface area (Å²) in [6.45, 7) is 8.87. The lowest BCUT2D eigenvalue weighted by Crippen LogP contribution is -2.49. The molecule has 0 spiro atoms. The highest BCUT2D eigenvalue weighted by Crippen LogP contribution is 2.34. The first kappa shape index (κ1) is 26.1. The van der Waals surface area contributed by atoms with Gasteiger partial charge in [0.25, 0.3) is 0 Å². The van der Waals surface area contributed by atoms with Crippen LogP contribution in [0.4, 0.5) is 0 Å². The molecule has 0 radical (unpaired) electrons. The van der Waals surface area contributed by atoms with Crippen LogP contribution in [-0.4, -0.2) is 71.6 Å². The molecule has 0 saturated carbocycles. The minimum atomic E-state index is -3.87. The van der Waals surface area contributed by atoms with Crippen molar-refractivity contribution in [1.82, 2.24) is 19.2 Å². The zero-order valence-corrected chi connectivity index (χ0v) is 21.3. The Balaban J connectivity index is 1.99. The summed E-state index contributed by atoms with van der Waals surface area (Å²) >= 11 is 0. The third-order valence-electron chi connectivity index (χ3n) is 5.73. The van der Waals surface area contributed by atoms with E-state index < -0.39 is 16.1 Å². The molecule has 1 aromatic carbocycles. The average molecular weight is 487 g/mol. The maximum atomic E-state index is 13.5. The molecule has 3 rings (SSSR count). The second-order valence-electron chi connectivity index (χ2n) is 9.27. The van der Waals surface area contributed by atoms with Crippen LogP contribution in [0.1, 0.15) is 38.8 Å². The van der Waals surface area contributed by atoms with Crippen molar-refractivity contribution in [2.75, 3.05) is 26.7 Å². The van der Waals surface area contributed by atoms with Gasteiger partial charge in [0, 0.05) is 61.0 Å². The van der Waals surface area contributed by atoms with E-state index in [-0.39, 0.29) is 36.0 Å². The molecular formula is C25H34N4O4S. The van der Waals surface area contributed by atoms with Crippen LogP contribution in [-0.2, 0) is 16.6 Å². The zero-order chi connectivity index (χ0) is 24.9. The summed E-state index contributed by atoms with van der Waals surface area (Å²) in [5.41, 5.74) is 1.68. The van der Waals surface area contributed by atoms with Crippen LogP contribution in [0.3, 0.4) is 0 Å². The molecule has 8 nitrogen and oxygen atoms in total. The van der Waals surface area contributed by atoms with Gasteiger partial charge < -0.3 is 9.84 Å². The highest BCUT2D eigenvalue weighted by molar-refractivity contribution is 7.89. The number of sulfonamides is 1. The standard InChI is InChI=1S/C25H34N4O4S/c1-18(2)6-7-21-8-9-25-23(10-21)33-24(15-28(5)14-22-11-26-17-27-12-22)19(3)13-29(20(4)16-30)34(25,31)32/h8-12,17-20,24,30H,13-16H2,1-5H3/t19-,20+,24+/m1/s1. The molecule has 1 aromatic heterocycles. The molecule has 2 aromatic rings. The Bertz CT molecular complexity index is 1130. The summed E-state index contributed by atoms with van der Waals surface area (Å²) in [6.07, 6.45) is 4.76. The van der Waals surface area contributed by atoms with Gasteiger partial charge in [0.15, 0.2) is 0 Å². The largest absolute Gasteiger partial charge is 0.487 e. The van der Waals surface area contributed by atoms with Crippen molar-refractivity contribution in [2.45, 2.75) is 51.3 Å². The Morgan fingerprint density at radius 1 is 1.26 bits per heavy atom. The fourth-order valence-electron chi connectivity index (χ4n) is 3.84. The predicted octanol–water partition coefficient (Wildman–Crippen LogP) is 2.38. The van der Waals surface area contributed by atoms with Crippen molar-refractivity contribution >= 4 is 10.0 Å². The van der Waals surface area contributed by atoms with Crippen LogP contribution in [0.5, 0.6) is 5.75 Å². The van der Waals surface area contributed by atoms with Crippen LogP contribution >= 0.6 is 0 Å². The average Bonchev–Trinajstić information content (AvgIpc) is 2.80. The van der Waals surface area contributed by atoms with Crippen LogP contribution in [0, 0.1) is 23.7 Å². The topological polar surface area (TPSA) is 95.9 Å². The fraction of sp³-hybridized carbons (Fsp3) is 0.520. The summed E-state index contributed by atoms with van der Waals surface area (Å²) in [7, 11) is -1.88. The zero-order valence-electron chi connectivity index (χ0n) is 20.5. The molecule has 1 aliphatic heterocycles. The minimum Gasteiger partial charge on any atom is -0.487 e. The molecule has 0 unspecified atom stereocenters. The van der Waals surface area contributed by atoms with Gasteiger partial charge in [-0.05, 0) is 32.2 Å². The Kier molecular flexibility index (Phi) is 8.66. The van der Waals surface area contributed by atoms with Crippen LogP contribution < -0.4 is 4.74 Å². The third-order valence-corrected chi connectivity index (χ3v) is 7.75. The van der Waals surface area contributed by atoms with Gasteiger partial charge in [0.1, 0.15) is 23.1 Å². The smallest absolute Gasteiger partial charge is 0.247 e. The van der Waals surface area contributed by atoms with E-state index in [1.807, 2.05) is 27.8 Å². The summed E-state index contributed by atoms with van der Waals surface area (Å²) in [6, 6.07) is 4.42. The van der Waals surface area contributed by atoms with Gasteiger partial charge in [-0.3, -0.25) is 4.90 Å². The number of aliphatic hydroxyl groups excluding tert-OH is 1. The number of hydrogen-bond acceptors (Lipinski definition) is 7. The Morgan fingerprint density at radius 3 is 2.62 bits per heavy atom. The number of fused-ring (bicyclic) bond motifs is 1. The number of rotatable bonds is 6. The molecule has 3 atom stereocenters. The molecule has 1 aliphatic rings. The van der Waals surface area contributed by atoms with Crippen LogP contribution in [0.15, 0.2) is 41.8 Å². The van der Waals surface area contributed by atoms with E-state index in [1.165, 1.54) is 10.6 Å². The molecule has 0 aliphatic carbocycles. The van der Waals surface area contributed by atoms with Gasteiger partial charge in [-0.15, -0.1) is 0 Å². The maximum Gasteiger partial charge on any atom is 0.247 e. The second-order valence-corrected chi connectivity index (χ2v) is 11.1. The molecule has 1 N–H and O–H groups in total. The molecular weight excluding hydrogens is 452 g/mol. The predicted molar refractivity (Wildman–Crippen MR) is 131 cm³/mol. The molecule has 0 bridgehead atoms. The molecule has 0 fully saturated rings. The number of aliphatic hydroxyl groups is 1. The first-order valence-electron chi connectivity index (χ1n) is 11.5. The minimum absolute atomic E-state index is 0.0962. The summed E-state index contributed by atoms with van der Waals surface area (Å²) in [5, 5.41) is 9.78. The maximum absolute atomic E-state index is 13.5. The number of benzene rings is 1. The van der Waals surface area contributed by atoms with E-state index in [4.69, 9.17) is 4.74 Å². The number of hydrogen-bond donors (Lipinski definition) is 1. The van der Waals surface area contributed by atoms with Gasteiger partial charge >= 0.3 is 0 Å². The Morgan fingerprint density at radius 2 is 1.97 bits per heavy atom. The normalized spacial score (nSPS) is 21.1. The molecule has 9 heteroatoms. The van der Waals surface area contributed by atoms with Crippen LogP contribution in [0.25, 0.3) is 0 Å². The Labute approximate surface area is 203 Å². The summed E-state index contributed by atoms with van der Waals surface area (Å²) in [4.78, 5) is 10.3. The van der Waals surface area contributed by atoms with E-state index in [9.17, 15) is 13.5 Å². The van der Waals surface area contributed by atoms with E-state index in [0.717, 1.165) is 5.56 Å². The molecule has 0 amide bonds. The van der Waals surface area contributed by atoms with E-state index in [2.05, 4.69) is 26.7 Å². The molecule has 0 saturated heterocycles. The third kappa shape index (κ3) is 6.33. The van der Waals surface area contributed by atoms with Gasteiger partial charge in [-0.2, -0.15) is 4.31 Å². The Hall–Kier alpha value is -2.51. The van der Waals surface area contributed by atoms with Gasteiger partial charge in [-0.1, -0.05) is 32.6 Å². The lowest BCUT2D eigenvalue weighted by atomic mass is 10.0. The lowest BCUT2D eigenvalue weighted by molar-refractivity contribution is 0.0733. The van der Waals surface area contributed by atoms with Crippen molar-refractivity contribution in [1.29, 1.82) is 0 Å². The molecule has 2 heterocycles. The monoisotopic (exact) mass is 486 g/mol. The second kappa shape index (κ2) is 11.3. The first-order chi connectivity index (χ1) is 16.1. The van der Waals surface area contributed by atoms with Gasteiger partial charge in [0.2, 0.25) is 10.0 Å². The number of likely N-dealkylation sites (N-methyl/N-ethyl adjacent to an activating group) is 1. The number of ether oxygens (including phenoxy) is 1. The van der Waals surface area contributed by atoms with Crippen molar-refractivity contribution in [3.63, 3.8) is 0 Å². The quantitative estimate of drug-likeness (QED) is 0.627. The van der Waals surface area contributed by atoms with Crippen molar-refractivity contribution in [3.05, 3.63) is 48.0 Å². The van der Waals surface area contributed by atoms with E-state index >= 15 is 0 Å². The number of aromatic nitrogens is 2. The van der Waals surface area contributed by atoms with Crippen molar-refractivity contribution < 1.29 is 18.3 Å². The van der Waals surface area contributed by atoms with Gasteiger partial charge in [-0.25, -0.2) is 18.4 Å². The van der Waals surface area contributed by atoms with Gasteiger partial charge in [0.05, 0.1) is 6.61 Å². The summed E-state index contributed by atoms with van der Waals surface area (Å²) < 4.78 is 34.9. The van der Waals surface area contributed by atoms with E-state index in [1.54, 1.807) is 37.5 Å². The van der Waals surface area contributed by atoms with Crippen LogP contribution in [0.2, 0.25) is 0 Å². The van der Waals surface area contributed by atoms with E-state index in [0.29, 0.717) is 24.4 Å². The fourth-order valence-corrected chi connectivity index (χ4v) is 5.67. The lowest BCUT2D eigenvalue weighted by Gasteiger charge is -2.37. The SMILES string of the molecule is CC(C)C#Cc1ccc2c(c1)O[C@@H](CN(C)Cc1cncnc1)[C@H](C)CN([C@@H](C)CO)S2(=O)=O. The first-order valence-corrected chi connectivity index (χ1v) is 12.9. The highest BCUT2D eigenvalue weighted by atomic mass is 32.2.